The third-order valence-electron chi connectivity index (χ3n) is 1.33. The fourth-order valence-electron chi connectivity index (χ4n) is 0.726. The van der Waals surface area contributed by atoms with E-state index in [2.05, 4.69) is 0 Å². The van der Waals surface area contributed by atoms with Crippen LogP contribution in [0.25, 0.3) is 0 Å². The molecule has 60 valence electrons. The fraction of sp³-hybridized carbons (Fsp3) is 0.143. The summed E-state index contributed by atoms with van der Waals surface area (Å²) >= 11 is -2.01. The molecule has 0 fully saturated rings. The predicted molar refractivity (Wildman–Crippen MR) is 40.2 cm³/mol. The van der Waals surface area contributed by atoms with E-state index in [4.69, 9.17) is 4.55 Å². The number of hydrogen-bond donors (Lipinski definition) is 1. The Morgan fingerprint density at radius 3 is 2.64 bits per heavy atom. The van der Waals surface area contributed by atoms with E-state index in [1.807, 2.05) is 0 Å². The minimum atomic E-state index is -2.01. The molecule has 0 bridgehead atoms. The van der Waals surface area contributed by atoms with Crippen molar-refractivity contribution in [1.29, 1.82) is 0 Å². The molecule has 11 heavy (non-hydrogen) atoms. The van der Waals surface area contributed by atoms with Crippen LogP contribution in [-0.2, 0) is 11.1 Å². The van der Waals surface area contributed by atoms with Crippen LogP contribution < -0.4 is 0 Å². The highest BCUT2D eigenvalue weighted by molar-refractivity contribution is 7.79. The number of benzene rings is 1. The number of halogens is 1. The summed E-state index contributed by atoms with van der Waals surface area (Å²) < 4.78 is 31.6. The lowest BCUT2D eigenvalue weighted by molar-refractivity contribution is 0.563. The van der Waals surface area contributed by atoms with E-state index < -0.39 is 11.1 Å². The molecule has 4 heteroatoms. The van der Waals surface area contributed by atoms with Crippen LogP contribution in [0.1, 0.15) is 5.56 Å². The Bertz CT molecular complexity index is 298. The highest BCUT2D eigenvalue weighted by Crippen LogP contribution is 2.11. The molecule has 1 N–H and O–H groups in total. The van der Waals surface area contributed by atoms with E-state index in [0.29, 0.717) is 5.56 Å². The minimum Gasteiger partial charge on any atom is -0.302 e. The Morgan fingerprint density at radius 1 is 1.55 bits per heavy atom. The van der Waals surface area contributed by atoms with Crippen LogP contribution in [0.4, 0.5) is 4.39 Å². The lowest BCUT2D eigenvalue weighted by Gasteiger charge is -1.97. The second-order valence-corrected chi connectivity index (χ2v) is 3.13. The van der Waals surface area contributed by atoms with Gasteiger partial charge in [-0.15, -0.1) is 0 Å². The van der Waals surface area contributed by atoms with Gasteiger partial charge in [0.05, 0.1) is 4.90 Å². The zero-order valence-corrected chi connectivity index (χ0v) is 6.69. The normalized spacial score (nSPS) is 13.0. The van der Waals surface area contributed by atoms with Crippen molar-refractivity contribution in [2.45, 2.75) is 11.8 Å². The third-order valence-corrected chi connectivity index (χ3v) is 1.99. The van der Waals surface area contributed by atoms with Gasteiger partial charge in [0.25, 0.3) is 0 Å². The number of aryl methyl sites for hydroxylation is 1. The Hall–Kier alpha value is -0.740. The van der Waals surface area contributed by atoms with Crippen LogP contribution in [-0.4, -0.2) is 8.76 Å². The van der Waals surface area contributed by atoms with Gasteiger partial charge in [0.15, 0.2) is 11.1 Å². The van der Waals surface area contributed by atoms with E-state index >= 15 is 0 Å². The summed E-state index contributed by atoms with van der Waals surface area (Å²) in [5.74, 6) is -0.362. The van der Waals surface area contributed by atoms with Gasteiger partial charge in [-0.05, 0) is 30.7 Å². The highest BCUT2D eigenvalue weighted by atomic mass is 32.2. The van der Waals surface area contributed by atoms with Crippen LogP contribution in [0, 0.1) is 12.7 Å². The summed E-state index contributed by atoms with van der Waals surface area (Å²) in [7, 11) is 0. The third kappa shape index (κ3) is 1.85. The monoisotopic (exact) mass is 174 g/mol. The molecule has 1 atom stereocenters. The van der Waals surface area contributed by atoms with E-state index in [0.717, 1.165) is 0 Å². The lowest BCUT2D eigenvalue weighted by atomic mass is 10.2. The van der Waals surface area contributed by atoms with E-state index in [1.54, 1.807) is 6.92 Å². The van der Waals surface area contributed by atoms with Crippen molar-refractivity contribution in [2.24, 2.45) is 0 Å². The molecule has 0 aromatic heterocycles. The molecule has 1 rings (SSSR count). The maximum atomic E-state index is 12.6. The van der Waals surface area contributed by atoms with Crippen LogP contribution in [0.15, 0.2) is 23.1 Å². The van der Waals surface area contributed by atoms with Gasteiger partial charge in [0.2, 0.25) is 0 Å². The average molecular weight is 174 g/mol. The van der Waals surface area contributed by atoms with Crippen molar-refractivity contribution in [3.63, 3.8) is 0 Å². The molecule has 0 aliphatic heterocycles. The Labute approximate surface area is 66.3 Å². The molecule has 1 unspecified atom stereocenters. The summed E-state index contributed by atoms with van der Waals surface area (Å²) in [4.78, 5) is 0.226. The van der Waals surface area contributed by atoms with Crippen molar-refractivity contribution >= 4 is 11.1 Å². The Balaban J connectivity index is 3.15. The topological polar surface area (TPSA) is 37.3 Å². The van der Waals surface area contributed by atoms with Gasteiger partial charge in [0, 0.05) is 0 Å². The summed E-state index contributed by atoms with van der Waals surface area (Å²) in [5.41, 5.74) is 0.380. The number of hydrogen-bond acceptors (Lipinski definition) is 1. The van der Waals surface area contributed by atoms with Gasteiger partial charge >= 0.3 is 0 Å². The molecule has 2 nitrogen and oxygen atoms in total. The molecule has 0 heterocycles. The lowest BCUT2D eigenvalue weighted by Crippen LogP contribution is -1.90. The van der Waals surface area contributed by atoms with Crippen LogP contribution in [0.2, 0.25) is 0 Å². The molecular formula is C7H7FO2S. The molecule has 1 aromatic rings. The molecule has 1 aromatic carbocycles. The molecule has 0 aliphatic rings. The van der Waals surface area contributed by atoms with Gasteiger partial charge in [-0.2, -0.15) is 0 Å². The van der Waals surface area contributed by atoms with E-state index in [1.165, 1.54) is 18.2 Å². The summed E-state index contributed by atoms with van der Waals surface area (Å²) in [6, 6.07) is 3.82. The first-order chi connectivity index (χ1) is 5.11. The van der Waals surface area contributed by atoms with Crippen LogP contribution in [0.3, 0.4) is 0 Å². The molecule has 0 saturated heterocycles. The van der Waals surface area contributed by atoms with E-state index in [9.17, 15) is 8.60 Å². The van der Waals surface area contributed by atoms with Gasteiger partial charge < -0.3 is 4.55 Å². The molecule has 0 radical (unpaired) electrons. The summed E-state index contributed by atoms with van der Waals surface area (Å²) in [6.07, 6.45) is 0. The smallest absolute Gasteiger partial charge is 0.186 e. The van der Waals surface area contributed by atoms with Crippen LogP contribution >= 0.6 is 0 Å². The van der Waals surface area contributed by atoms with Gasteiger partial charge in [-0.3, -0.25) is 0 Å². The zero-order chi connectivity index (χ0) is 8.43. The van der Waals surface area contributed by atoms with Crippen LogP contribution in [0.5, 0.6) is 0 Å². The van der Waals surface area contributed by atoms with Gasteiger partial charge in [0.1, 0.15) is 5.82 Å². The SMILES string of the molecule is Cc1cc(S(=O)O)ccc1F. The number of rotatable bonds is 1. The summed E-state index contributed by atoms with van der Waals surface area (Å²) in [6.45, 7) is 1.55. The average Bonchev–Trinajstić information content (AvgIpc) is 1.94. The zero-order valence-electron chi connectivity index (χ0n) is 5.87. The standard InChI is InChI=1S/C7H7FO2S/c1-5-4-6(11(9)10)2-3-7(5)8/h2-4H,1H3,(H,9,10). The Kier molecular flexibility index (Phi) is 2.36. The van der Waals surface area contributed by atoms with Crippen molar-refractivity contribution in [2.75, 3.05) is 0 Å². The van der Waals surface area contributed by atoms with Crippen molar-refractivity contribution in [1.82, 2.24) is 0 Å². The van der Waals surface area contributed by atoms with Crippen molar-refractivity contribution in [3.8, 4) is 0 Å². The molecule has 0 spiro atoms. The van der Waals surface area contributed by atoms with E-state index in [-0.39, 0.29) is 10.7 Å². The molecule has 0 saturated carbocycles. The highest BCUT2D eigenvalue weighted by Gasteiger charge is 2.02. The quantitative estimate of drug-likeness (QED) is 0.658. The second-order valence-electron chi connectivity index (χ2n) is 2.16. The Morgan fingerprint density at radius 2 is 2.18 bits per heavy atom. The van der Waals surface area contributed by atoms with Crippen molar-refractivity contribution in [3.05, 3.63) is 29.6 Å². The first kappa shape index (κ1) is 8.36. The largest absolute Gasteiger partial charge is 0.302 e. The predicted octanol–water partition coefficient (Wildman–Crippen LogP) is 1.71. The van der Waals surface area contributed by atoms with Gasteiger partial charge in [-0.25, -0.2) is 8.60 Å². The molecule has 0 aliphatic carbocycles. The fourth-order valence-corrected chi connectivity index (χ4v) is 1.19. The second kappa shape index (κ2) is 3.11. The van der Waals surface area contributed by atoms with Crippen molar-refractivity contribution < 1.29 is 13.2 Å². The first-order valence-corrected chi connectivity index (χ1v) is 4.09. The first-order valence-electron chi connectivity index (χ1n) is 2.98. The maximum Gasteiger partial charge on any atom is 0.186 e. The molecular weight excluding hydrogens is 167 g/mol. The van der Waals surface area contributed by atoms with Gasteiger partial charge in [-0.1, -0.05) is 0 Å². The minimum absolute atomic E-state index is 0.226. The summed E-state index contributed by atoms with van der Waals surface area (Å²) in [5, 5.41) is 0. The molecule has 0 amide bonds. The maximum absolute atomic E-state index is 12.6.